The predicted molar refractivity (Wildman–Crippen MR) is 89.6 cm³/mol. The summed E-state index contributed by atoms with van der Waals surface area (Å²) in [6.07, 6.45) is 0.792. The first-order valence-electron chi connectivity index (χ1n) is 7.53. The van der Waals surface area contributed by atoms with Gasteiger partial charge in [-0.3, -0.25) is 4.90 Å². The van der Waals surface area contributed by atoms with E-state index < -0.39 is 0 Å². The zero-order valence-electron chi connectivity index (χ0n) is 12.6. The normalized spacial score (nSPS) is 15.9. The summed E-state index contributed by atoms with van der Waals surface area (Å²) in [7, 11) is 0. The summed E-state index contributed by atoms with van der Waals surface area (Å²) in [5.74, 6) is 0. The molecule has 1 atom stereocenters. The van der Waals surface area contributed by atoms with E-state index in [0.29, 0.717) is 19.2 Å². The molecule has 4 nitrogen and oxygen atoms in total. The molecule has 1 unspecified atom stereocenters. The van der Waals surface area contributed by atoms with Gasteiger partial charge in [-0.25, -0.2) is 4.79 Å². The molecule has 22 heavy (non-hydrogen) atoms. The van der Waals surface area contributed by atoms with E-state index >= 15 is 0 Å². The van der Waals surface area contributed by atoms with Gasteiger partial charge in [0.1, 0.15) is 6.61 Å². The monoisotopic (exact) mass is 316 g/mol. The molecule has 2 heterocycles. The van der Waals surface area contributed by atoms with Gasteiger partial charge in [0, 0.05) is 11.7 Å². The van der Waals surface area contributed by atoms with Crippen molar-refractivity contribution in [3.05, 3.63) is 52.2 Å². The molecule has 1 aliphatic rings. The molecule has 0 bridgehead atoms. The molecule has 1 aliphatic heterocycles. The molecule has 2 aromatic rings. The maximum Gasteiger partial charge on any atom is 0.414 e. The zero-order valence-corrected chi connectivity index (χ0v) is 13.4. The van der Waals surface area contributed by atoms with Crippen LogP contribution in [0.3, 0.4) is 0 Å². The van der Waals surface area contributed by atoms with Crippen LogP contribution in [-0.2, 0) is 11.2 Å². The van der Waals surface area contributed by atoms with Gasteiger partial charge in [-0.05, 0) is 60.0 Å². The maximum absolute atomic E-state index is 11.5. The van der Waals surface area contributed by atoms with Crippen molar-refractivity contribution in [3.8, 4) is 0 Å². The summed E-state index contributed by atoms with van der Waals surface area (Å²) in [4.78, 5) is 13.2. The van der Waals surface area contributed by atoms with Crippen molar-refractivity contribution < 1.29 is 9.53 Å². The van der Waals surface area contributed by atoms with E-state index in [2.05, 4.69) is 41.2 Å². The Morgan fingerprint density at radius 1 is 1.32 bits per heavy atom. The van der Waals surface area contributed by atoms with Gasteiger partial charge >= 0.3 is 6.09 Å². The molecule has 1 aromatic heterocycles. The van der Waals surface area contributed by atoms with Crippen molar-refractivity contribution in [1.82, 2.24) is 5.32 Å². The minimum absolute atomic E-state index is 0.255. The fourth-order valence-electron chi connectivity index (χ4n) is 2.56. The summed E-state index contributed by atoms with van der Waals surface area (Å²) in [5, 5.41) is 7.84. The van der Waals surface area contributed by atoms with Crippen molar-refractivity contribution in [3.63, 3.8) is 0 Å². The Hall–Kier alpha value is -1.85. The lowest BCUT2D eigenvalue weighted by Crippen LogP contribution is -2.24. The lowest BCUT2D eigenvalue weighted by molar-refractivity contribution is 0.181. The standard InChI is InChI=1S/C17H20N2O2S/c1-13(18-8-6-14-7-11-22-12-14)15-2-4-16(5-3-15)19-9-10-21-17(19)20/h2-5,7,11-13,18H,6,8-10H2,1H3. The summed E-state index contributed by atoms with van der Waals surface area (Å²) < 4.78 is 4.96. The SMILES string of the molecule is CC(NCCc1ccsc1)c1ccc(N2CCOC2=O)cc1. The molecule has 1 amide bonds. The zero-order chi connectivity index (χ0) is 15.4. The molecule has 1 saturated heterocycles. The van der Waals surface area contributed by atoms with E-state index in [4.69, 9.17) is 4.74 Å². The molecule has 1 fully saturated rings. The van der Waals surface area contributed by atoms with Crippen LogP contribution in [-0.4, -0.2) is 25.8 Å². The molecule has 3 rings (SSSR count). The van der Waals surface area contributed by atoms with Crippen molar-refractivity contribution >= 4 is 23.1 Å². The van der Waals surface area contributed by atoms with Gasteiger partial charge < -0.3 is 10.1 Å². The number of benzene rings is 1. The number of rotatable bonds is 6. The highest BCUT2D eigenvalue weighted by Gasteiger charge is 2.23. The molecule has 1 N–H and O–H groups in total. The van der Waals surface area contributed by atoms with Crippen LogP contribution in [0.5, 0.6) is 0 Å². The van der Waals surface area contributed by atoms with Crippen molar-refractivity contribution in [1.29, 1.82) is 0 Å². The molecular formula is C17H20N2O2S. The van der Waals surface area contributed by atoms with Crippen LogP contribution in [0.4, 0.5) is 10.5 Å². The number of hydrogen-bond donors (Lipinski definition) is 1. The number of carbonyl (C=O) groups is 1. The molecule has 1 aromatic carbocycles. The highest BCUT2D eigenvalue weighted by atomic mass is 32.1. The smallest absolute Gasteiger partial charge is 0.414 e. The third-order valence-electron chi connectivity index (χ3n) is 3.91. The van der Waals surface area contributed by atoms with Gasteiger partial charge in [-0.15, -0.1) is 0 Å². The largest absolute Gasteiger partial charge is 0.447 e. The van der Waals surface area contributed by atoms with Crippen LogP contribution in [0.15, 0.2) is 41.1 Å². The summed E-state index contributed by atoms with van der Waals surface area (Å²) in [5.41, 5.74) is 3.51. The number of carbonyl (C=O) groups excluding carboxylic acids is 1. The number of amides is 1. The van der Waals surface area contributed by atoms with Crippen LogP contribution < -0.4 is 10.2 Å². The van der Waals surface area contributed by atoms with Crippen molar-refractivity contribution in [2.24, 2.45) is 0 Å². The Balaban J connectivity index is 1.54. The van der Waals surface area contributed by atoms with Crippen LogP contribution in [0, 0.1) is 0 Å². The lowest BCUT2D eigenvalue weighted by Gasteiger charge is -2.17. The van der Waals surface area contributed by atoms with Crippen LogP contribution in [0.25, 0.3) is 0 Å². The lowest BCUT2D eigenvalue weighted by atomic mass is 10.1. The molecule has 0 aliphatic carbocycles. The van der Waals surface area contributed by atoms with Crippen molar-refractivity contribution in [2.75, 3.05) is 24.6 Å². The van der Waals surface area contributed by atoms with E-state index in [9.17, 15) is 4.79 Å². The van der Waals surface area contributed by atoms with E-state index in [0.717, 1.165) is 18.7 Å². The first-order chi connectivity index (χ1) is 10.7. The Labute approximate surface area is 134 Å². The Morgan fingerprint density at radius 3 is 2.77 bits per heavy atom. The van der Waals surface area contributed by atoms with Gasteiger partial charge in [0.15, 0.2) is 0 Å². The number of nitrogens with one attached hydrogen (secondary N) is 1. The fraction of sp³-hybridized carbons (Fsp3) is 0.353. The van der Waals surface area contributed by atoms with Gasteiger partial charge in [0.05, 0.1) is 6.54 Å². The van der Waals surface area contributed by atoms with Crippen LogP contribution >= 0.6 is 11.3 Å². The second kappa shape index (κ2) is 6.94. The molecule has 0 spiro atoms. The van der Waals surface area contributed by atoms with Gasteiger partial charge in [0.25, 0.3) is 0 Å². The minimum atomic E-state index is -0.255. The third kappa shape index (κ3) is 3.48. The van der Waals surface area contributed by atoms with E-state index in [1.54, 1.807) is 16.2 Å². The second-order valence-corrected chi connectivity index (χ2v) is 6.19. The van der Waals surface area contributed by atoms with E-state index in [1.165, 1.54) is 11.1 Å². The number of ether oxygens (including phenoxy) is 1. The summed E-state index contributed by atoms with van der Waals surface area (Å²) in [6, 6.07) is 10.6. The quantitative estimate of drug-likeness (QED) is 0.885. The number of nitrogens with zero attached hydrogens (tertiary/aromatic N) is 1. The topological polar surface area (TPSA) is 41.6 Å². The molecule has 0 radical (unpaired) electrons. The first-order valence-corrected chi connectivity index (χ1v) is 8.47. The Morgan fingerprint density at radius 2 is 2.14 bits per heavy atom. The number of hydrogen-bond acceptors (Lipinski definition) is 4. The third-order valence-corrected chi connectivity index (χ3v) is 4.64. The van der Waals surface area contributed by atoms with Crippen molar-refractivity contribution in [2.45, 2.75) is 19.4 Å². The highest BCUT2D eigenvalue weighted by Crippen LogP contribution is 2.21. The summed E-state index contributed by atoms with van der Waals surface area (Å²) >= 11 is 1.74. The molecule has 116 valence electrons. The minimum Gasteiger partial charge on any atom is -0.447 e. The fourth-order valence-corrected chi connectivity index (χ4v) is 3.26. The first kappa shape index (κ1) is 15.1. The van der Waals surface area contributed by atoms with Crippen LogP contribution in [0.2, 0.25) is 0 Å². The predicted octanol–water partition coefficient (Wildman–Crippen LogP) is 3.60. The molecular weight excluding hydrogens is 296 g/mol. The van der Waals surface area contributed by atoms with E-state index in [1.807, 2.05) is 12.1 Å². The Bertz CT molecular complexity index is 610. The van der Waals surface area contributed by atoms with Crippen LogP contribution in [0.1, 0.15) is 24.1 Å². The maximum atomic E-state index is 11.5. The Kier molecular flexibility index (Phi) is 4.75. The molecule has 0 saturated carbocycles. The number of anilines is 1. The number of thiophene rings is 1. The highest BCUT2D eigenvalue weighted by molar-refractivity contribution is 7.07. The van der Waals surface area contributed by atoms with Gasteiger partial charge in [-0.1, -0.05) is 12.1 Å². The average molecular weight is 316 g/mol. The average Bonchev–Trinajstić information content (AvgIpc) is 3.19. The van der Waals surface area contributed by atoms with Gasteiger partial charge in [-0.2, -0.15) is 11.3 Å². The molecule has 5 heteroatoms. The number of cyclic esters (lactones) is 1. The van der Waals surface area contributed by atoms with Gasteiger partial charge in [0.2, 0.25) is 0 Å². The summed E-state index contributed by atoms with van der Waals surface area (Å²) in [6.45, 7) is 4.22. The second-order valence-electron chi connectivity index (χ2n) is 5.41. The van der Waals surface area contributed by atoms with E-state index in [-0.39, 0.29) is 6.09 Å².